The first-order valence-electron chi connectivity index (χ1n) is 9.13. The zero-order chi connectivity index (χ0) is 19.1. The van der Waals surface area contributed by atoms with Crippen LogP contribution in [0.25, 0.3) is 11.5 Å². The first kappa shape index (κ1) is 21.9. The maximum Gasteiger partial charge on any atom is 0.226 e. The second-order valence-corrected chi connectivity index (χ2v) is 6.58. The highest BCUT2D eigenvalue weighted by atomic mass is 127. The van der Waals surface area contributed by atoms with Crippen molar-refractivity contribution in [3.8, 4) is 11.5 Å². The minimum atomic E-state index is 0. The van der Waals surface area contributed by atoms with Gasteiger partial charge in [-0.05, 0) is 24.6 Å². The zero-order valence-corrected chi connectivity index (χ0v) is 18.9. The zero-order valence-electron chi connectivity index (χ0n) is 16.6. The van der Waals surface area contributed by atoms with Gasteiger partial charge in [0.15, 0.2) is 5.96 Å². The van der Waals surface area contributed by atoms with E-state index in [2.05, 4.69) is 63.5 Å². The van der Waals surface area contributed by atoms with E-state index in [1.54, 1.807) is 13.3 Å². The second-order valence-electron chi connectivity index (χ2n) is 6.58. The molecule has 1 heterocycles. The lowest BCUT2D eigenvalue weighted by Gasteiger charge is -2.22. The Bertz CT molecular complexity index is 875. The molecule has 0 amide bonds. The number of guanidine groups is 1. The Morgan fingerprint density at radius 1 is 1.11 bits per heavy atom. The molecule has 0 aliphatic heterocycles. The maximum absolute atomic E-state index is 5.62. The summed E-state index contributed by atoms with van der Waals surface area (Å²) in [5.74, 6) is 1.52. The van der Waals surface area contributed by atoms with E-state index in [1.807, 2.05) is 25.2 Å². The van der Waals surface area contributed by atoms with Crippen molar-refractivity contribution in [2.45, 2.75) is 19.9 Å². The molecule has 0 fully saturated rings. The fourth-order valence-electron chi connectivity index (χ4n) is 2.87. The third-order valence-electron chi connectivity index (χ3n) is 4.35. The number of benzene rings is 2. The largest absolute Gasteiger partial charge is 0.444 e. The number of aliphatic imine (C=N–C) groups is 1. The van der Waals surface area contributed by atoms with Crippen molar-refractivity contribution in [2.75, 3.05) is 20.6 Å². The molecule has 0 aliphatic rings. The average Bonchev–Trinajstić information content (AvgIpc) is 3.15. The van der Waals surface area contributed by atoms with E-state index in [4.69, 9.17) is 4.42 Å². The van der Waals surface area contributed by atoms with Crippen molar-refractivity contribution in [1.82, 2.24) is 15.2 Å². The van der Waals surface area contributed by atoms with E-state index in [9.17, 15) is 0 Å². The van der Waals surface area contributed by atoms with Gasteiger partial charge in [-0.15, -0.1) is 24.0 Å². The number of hydrogen-bond donors (Lipinski definition) is 1. The summed E-state index contributed by atoms with van der Waals surface area (Å²) in [6, 6.07) is 18.6. The van der Waals surface area contributed by atoms with Crippen LogP contribution in [0.1, 0.15) is 16.8 Å². The molecule has 0 aliphatic carbocycles. The lowest BCUT2D eigenvalue weighted by Crippen LogP contribution is -2.39. The van der Waals surface area contributed by atoms with Crippen LogP contribution in [-0.2, 0) is 13.0 Å². The molecule has 0 atom stereocenters. The van der Waals surface area contributed by atoms with Crippen LogP contribution in [-0.4, -0.2) is 36.5 Å². The Morgan fingerprint density at radius 2 is 1.82 bits per heavy atom. The number of oxazole rings is 1. The molecular formula is C22H27IN4O. The molecule has 0 radical (unpaired) electrons. The second kappa shape index (κ2) is 10.8. The van der Waals surface area contributed by atoms with Crippen molar-refractivity contribution in [2.24, 2.45) is 4.99 Å². The summed E-state index contributed by atoms with van der Waals surface area (Å²) in [5.41, 5.74) is 4.40. The molecule has 0 bridgehead atoms. The van der Waals surface area contributed by atoms with Gasteiger partial charge >= 0.3 is 0 Å². The first-order valence-corrected chi connectivity index (χ1v) is 9.13. The van der Waals surface area contributed by atoms with Crippen LogP contribution in [0.15, 0.2) is 70.3 Å². The predicted molar refractivity (Wildman–Crippen MR) is 125 cm³/mol. The SMILES string of the molecule is CN=C(NCCc1coc(-c2ccc(C)cc2)n1)N(C)Cc1ccccc1.I. The molecule has 148 valence electrons. The van der Waals surface area contributed by atoms with E-state index in [1.165, 1.54) is 11.1 Å². The average molecular weight is 490 g/mol. The Labute approximate surface area is 183 Å². The molecule has 0 unspecified atom stereocenters. The topological polar surface area (TPSA) is 53.7 Å². The van der Waals surface area contributed by atoms with Crippen LogP contribution < -0.4 is 5.32 Å². The summed E-state index contributed by atoms with van der Waals surface area (Å²) in [5, 5.41) is 3.39. The summed E-state index contributed by atoms with van der Waals surface area (Å²) in [7, 11) is 3.84. The van der Waals surface area contributed by atoms with Gasteiger partial charge in [0.2, 0.25) is 5.89 Å². The number of rotatable bonds is 6. The van der Waals surface area contributed by atoms with Gasteiger partial charge in [-0.2, -0.15) is 0 Å². The van der Waals surface area contributed by atoms with Crippen molar-refractivity contribution in [3.63, 3.8) is 0 Å². The molecule has 3 rings (SSSR count). The smallest absolute Gasteiger partial charge is 0.226 e. The van der Waals surface area contributed by atoms with Crippen molar-refractivity contribution >= 4 is 29.9 Å². The number of halogens is 1. The molecule has 0 spiro atoms. The van der Waals surface area contributed by atoms with E-state index >= 15 is 0 Å². The molecule has 28 heavy (non-hydrogen) atoms. The lowest BCUT2D eigenvalue weighted by atomic mass is 10.1. The highest BCUT2D eigenvalue weighted by Gasteiger charge is 2.09. The summed E-state index contributed by atoms with van der Waals surface area (Å²) in [4.78, 5) is 11.1. The molecule has 0 saturated carbocycles. The quantitative estimate of drug-likeness (QED) is 0.314. The van der Waals surface area contributed by atoms with Crippen molar-refractivity contribution in [1.29, 1.82) is 0 Å². The monoisotopic (exact) mass is 490 g/mol. The van der Waals surface area contributed by atoms with Crippen LogP contribution in [0.5, 0.6) is 0 Å². The van der Waals surface area contributed by atoms with Gasteiger partial charge in [0.1, 0.15) is 6.26 Å². The third kappa shape index (κ3) is 6.09. The number of nitrogens with one attached hydrogen (secondary N) is 1. The number of nitrogens with zero attached hydrogens (tertiary/aromatic N) is 3. The standard InChI is InChI=1S/C22H26N4O.HI/c1-17-9-11-19(12-10-17)21-25-20(16-27-21)13-14-24-22(23-2)26(3)15-18-7-5-4-6-8-18;/h4-12,16H,13-15H2,1-3H3,(H,23,24);1H. The number of hydrogen-bond acceptors (Lipinski definition) is 3. The highest BCUT2D eigenvalue weighted by molar-refractivity contribution is 14.0. The summed E-state index contributed by atoms with van der Waals surface area (Å²) >= 11 is 0. The molecule has 6 heteroatoms. The van der Waals surface area contributed by atoms with Gasteiger partial charge in [0.25, 0.3) is 0 Å². The summed E-state index contributed by atoms with van der Waals surface area (Å²) in [6.07, 6.45) is 2.50. The molecular weight excluding hydrogens is 463 g/mol. The minimum Gasteiger partial charge on any atom is -0.444 e. The van der Waals surface area contributed by atoms with Crippen molar-refractivity contribution in [3.05, 3.63) is 77.7 Å². The maximum atomic E-state index is 5.62. The van der Waals surface area contributed by atoms with E-state index in [-0.39, 0.29) is 24.0 Å². The fourth-order valence-corrected chi connectivity index (χ4v) is 2.87. The lowest BCUT2D eigenvalue weighted by molar-refractivity contribution is 0.477. The van der Waals surface area contributed by atoms with Gasteiger partial charge in [-0.25, -0.2) is 4.98 Å². The number of aryl methyl sites for hydroxylation is 1. The third-order valence-corrected chi connectivity index (χ3v) is 4.35. The van der Waals surface area contributed by atoms with Crippen molar-refractivity contribution < 1.29 is 4.42 Å². The molecule has 0 saturated heterocycles. The molecule has 2 aromatic carbocycles. The summed E-state index contributed by atoms with van der Waals surface area (Å²) < 4.78 is 5.62. The van der Waals surface area contributed by atoms with E-state index < -0.39 is 0 Å². The molecule has 1 N–H and O–H groups in total. The van der Waals surface area contributed by atoms with Crippen LogP contribution in [0.2, 0.25) is 0 Å². The highest BCUT2D eigenvalue weighted by Crippen LogP contribution is 2.19. The Hall–Kier alpha value is -2.35. The van der Waals surface area contributed by atoms with E-state index in [0.29, 0.717) is 5.89 Å². The van der Waals surface area contributed by atoms with Gasteiger partial charge in [0.05, 0.1) is 5.69 Å². The van der Waals surface area contributed by atoms with Gasteiger partial charge in [0, 0.05) is 39.2 Å². The summed E-state index contributed by atoms with van der Waals surface area (Å²) in [6.45, 7) is 3.62. The van der Waals surface area contributed by atoms with Gasteiger partial charge in [-0.1, -0.05) is 48.0 Å². The van der Waals surface area contributed by atoms with Crippen LogP contribution >= 0.6 is 24.0 Å². The molecule has 5 nitrogen and oxygen atoms in total. The minimum absolute atomic E-state index is 0. The van der Waals surface area contributed by atoms with Crippen LogP contribution in [0.4, 0.5) is 0 Å². The first-order chi connectivity index (χ1) is 13.2. The predicted octanol–water partition coefficient (Wildman–Crippen LogP) is 4.52. The Morgan fingerprint density at radius 3 is 2.50 bits per heavy atom. The van der Waals surface area contributed by atoms with Gasteiger partial charge < -0.3 is 14.6 Å². The normalized spacial score (nSPS) is 11.0. The molecule has 1 aromatic heterocycles. The molecule has 3 aromatic rings. The van der Waals surface area contributed by atoms with Crippen LogP contribution in [0.3, 0.4) is 0 Å². The Balaban J connectivity index is 0.00000280. The van der Waals surface area contributed by atoms with Crippen LogP contribution in [0, 0.1) is 6.92 Å². The van der Waals surface area contributed by atoms with Gasteiger partial charge in [-0.3, -0.25) is 4.99 Å². The Kier molecular flexibility index (Phi) is 8.50. The van der Waals surface area contributed by atoms with E-state index in [0.717, 1.165) is 36.7 Å². The fraction of sp³-hybridized carbons (Fsp3) is 0.273. The number of aromatic nitrogens is 1.